The highest BCUT2D eigenvalue weighted by atomic mass is 35.5. The van der Waals surface area contributed by atoms with Crippen LogP contribution in [0.15, 0.2) is 39.9 Å². The lowest BCUT2D eigenvalue weighted by Crippen LogP contribution is -2.25. The van der Waals surface area contributed by atoms with Gasteiger partial charge in [-0.05, 0) is 35.6 Å². The molecule has 1 aromatic carbocycles. The molecule has 0 radical (unpaired) electrons. The van der Waals surface area contributed by atoms with Crippen molar-refractivity contribution in [2.75, 3.05) is 6.54 Å². The van der Waals surface area contributed by atoms with Gasteiger partial charge in [-0.25, -0.2) is 13.1 Å². The van der Waals surface area contributed by atoms with Crippen molar-refractivity contribution >= 4 is 44.6 Å². The molecule has 1 N–H and O–H groups in total. The number of rotatable bonds is 5. The highest BCUT2D eigenvalue weighted by Crippen LogP contribution is 2.24. The molecule has 0 spiro atoms. The first-order valence-electron chi connectivity index (χ1n) is 5.47. The molecule has 0 atom stereocenters. The van der Waals surface area contributed by atoms with Gasteiger partial charge in [0, 0.05) is 16.6 Å². The number of halogens is 2. The Hall–Kier alpha value is -0.590. The molecule has 1 aromatic heterocycles. The summed E-state index contributed by atoms with van der Waals surface area (Å²) in [6.45, 7) is 0.254. The Labute approximate surface area is 126 Å². The van der Waals surface area contributed by atoms with Gasteiger partial charge >= 0.3 is 0 Å². The number of nitrogens with one attached hydrogen (secondary N) is 1. The van der Waals surface area contributed by atoms with Crippen LogP contribution in [-0.2, 0) is 16.4 Å². The first kappa shape index (κ1) is 14.8. The van der Waals surface area contributed by atoms with Crippen LogP contribution in [0, 0.1) is 0 Å². The number of hydrogen-bond acceptors (Lipinski definition) is 3. The fourth-order valence-corrected chi connectivity index (χ4v) is 4.22. The van der Waals surface area contributed by atoms with Crippen molar-refractivity contribution in [3.63, 3.8) is 0 Å². The third kappa shape index (κ3) is 3.70. The van der Waals surface area contributed by atoms with Crippen molar-refractivity contribution in [1.29, 1.82) is 0 Å². The Morgan fingerprint density at radius 2 is 1.79 bits per heavy atom. The molecule has 0 saturated heterocycles. The van der Waals surface area contributed by atoms with Crippen LogP contribution >= 0.6 is 34.5 Å². The summed E-state index contributed by atoms with van der Waals surface area (Å²) in [5, 5.41) is 2.81. The molecular weight excluding hydrogens is 325 g/mol. The van der Waals surface area contributed by atoms with Crippen molar-refractivity contribution in [2.45, 2.75) is 10.6 Å². The molecule has 0 bridgehead atoms. The summed E-state index contributed by atoms with van der Waals surface area (Å²) in [5.41, 5.74) is 0.750. The van der Waals surface area contributed by atoms with E-state index in [2.05, 4.69) is 4.72 Å². The maximum absolute atomic E-state index is 11.9. The second kappa shape index (κ2) is 6.24. The highest BCUT2D eigenvalue weighted by molar-refractivity contribution is 7.91. The minimum atomic E-state index is -3.43. The van der Waals surface area contributed by atoms with E-state index in [1.54, 1.807) is 35.7 Å². The maximum Gasteiger partial charge on any atom is 0.250 e. The largest absolute Gasteiger partial charge is 0.250 e. The summed E-state index contributed by atoms with van der Waals surface area (Å²) in [6.07, 6.45) is 0.448. The van der Waals surface area contributed by atoms with Crippen LogP contribution in [0.1, 0.15) is 5.56 Å². The van der Waals surface area contributed by atoms with Crippen molar-refractivity contribution < 1.29 is 8.42 Å². The van der Waals surface area contributed by atoms with Crippen molar-refractivity contribution in [2.24, 2.45) is 0 Å². The summed E-state index contributed by atoms with van der Waals surface area (Å²) in [6, 6.07) is 8.48. The molecule has 7 heteroatoms. The number of thiophene rings is 1. The van der Waals surface area contributed by atoms with E-state index in [-0.39, 0.29) is 6.54 Å². The van der Waals surface area contributed by atoms with E-state index in [4.69, 9.17) is 23.2 Å². The molecule has 0 fully saturated rings. The van der Waals surface area contributed by atoms with Gasteiger partial charge in [-0.2, -0.15) is 0 Å². The third-order valence-corrected chi connectivity index (χ3v) is 6.06. The van der Waals surface area contributed by atoms with Crippen molar-refractivity contribution in [3.8, 4) is 0 Å². The standard InChI is InChI=1S/C12H11Cl2NO2S2/c13-10-3-1-4-11(14)9(10)6-7-15-19(16,17)12-5-2-8-18-12/h1-5,8,15H,6-7H2. The fourth-order valence-electron chi connectivity index (χ4n) is 1.57. The monoisotopic (exact) mass is 335 g/mol. The molecule has 0 amide bonds. The molecule has 1 heterocycles. The Kier molecular flexibility index (Phi) is 4.86. The van der Waals surface area contributed by atoms with Crippen LogP contribution in [0.4, 0.5) is 0 Å². The summed E-state index contributed by atoms with van der Waals surface area (Å²) in [5.74, 6) is 0. The average molecular weight is 336 g/mol. The Balaban J connectivity index is 2.01. The van der Waals surface area contributed by atoms with Gasteiger partial charge in [0.25, 0.3) is 0 Å². The average Bonchev–Trinajstić information content (AvgIpc) is 2.87. The van der Waals surface area contributed by atoms with Gasteiger partial charge in [-0.15, -0.1) is 11.3 Å². The van der Waals surface area contributed by atoms with E-state index >= 15 is 0 Å². The van der Waals surface area contributed by atoms with E-state index in [9.17, 15) is 8.42 Å². The van der Waals surface area contributed by atoms with Gasteiger partial charge in [0.2, 0.25) is 10.0 Å². The van der Waals surface area contributed by atoms with E-state index in [1.165, 1.54) is 11.3 Å². The smallest absolute Gasteiger partial charge is 0.210 e. The van der Waals surface area contributed by atoms with Gasteiger partial charge < -0.3 is 0 Å². The molecule has 0 aliphatic carbocycles. The first-order valence-corrected chi connectivity index (χ1v) is 8.58. The summed E-state index contributed by atoms with van der Waals surface area (Å²) >= 11 is 13.2. The van der Waals surface area contributed by atoms with Crippen LogP contribution in [0.25, 0.3) is 0 Å². The van der Waals surface area contributed by atoms with Gasteiger partial charge in [0.05, 0.1) is 0 Å². The summed E-state index contributed by atoms with van der Waals surface area (Å²) in [4.78, 5) is 0. The minimum absolute atomic E-state index is 0.254. The van der Waals surface area contributed by atoms with Crippen LogP contribution in [-0.4, -0.2) is 15.0 Å². The third-order valence-electron chi connectivity index (χ3n) is 2.49. The molecule has 3 nitrogen and oxygen atoms in total. The molecule has 0 aliphatic rings. The zero-order valence-electron chi connectivity index (χ0n) is 9.77. The topological polar surface area (TPSA) is 46.2 Å². The zero-order valence-corrected chi connectivity index (χ0v) is 12.9. The summed E-state index contributed by atoms with van der Waals surface area (Å²) < 4.78 is 26.6. The van der Waals surface area contributed by atoms with Gasteiger partial charge in [0.15, 0.2) is 0 Å². The van der Waals surface area contributed by atoms with Crippen molar-refractivity contribution in [3.05, 3.63) is 51.3 Å². The van der Waals surface area contributed by atoms with Gasteiger partial charge in [0.1, 0.15) is 4.21 Å². The molecular formula is C12H11Cl2NO2S2. The van der Waals surface area contributed by atoms with E-state index in [0.29, 0.717) is 20.7 Å². The van der Waals surface area contributed by atoms with Crippen LogP contribution in [0.3, 0.4) is 0 Å². The Morgan fingerprint density at radius 1 is 1.11 bits per heavy atom. The minimum Gasteiger partial charge on any atom is -0.210 e. The fraction of sp³-hybridized carbons (Fsp3) is 0.167. The van der Waals surface area contributed by atoms with Crippen LogP contribution in [0.2, 0.25) is 10.0 Å². The predicted molar refractivity (Wildman–Crippen MR) is 79.7 cm³/mol. The molecule has 0 aliphatic heterocycles. The van der Waals surface area contributed by atoms with E-state index < -0.39 is 10.0 Å². The predicted octanol–water partition coefficient (Wildman–Crippen LogP) is 3.58. The Morgan fingerprint density at radius 3 is 2.37 bits per heavy atom. The molecule has 19 heavy (non-hydrogen) atoms. The SMILES string of the molecule is O=S(=O)(NCCc1c(Cl)cccc1Cl)c1cccs1. The van der Waals surface area contributed by atoms with Crippen LogP contribution < -0.4 is 4.72 Å². The zero-order chi connectivity index (χ0) is 13.9. The molecule has 2 aromatic rings. The lowest BCUT2D eigenvalue weighted by Gasteiger charge is -2.08. The quantitative estimate of drug-likeness (QED) is 0.907. The number of hydrogen-bond donors (Lipinski definition) is 1. The van der Waals surface area contributed by atoms with Gasteiger partial charge in [-0.3, -0.25) is 0 Å². The molecule has 102 valence electrons. The Bertz CT molecular complexity index is 634. The molecule has 2 rings (SSSR count). The molecule has 0 saturated carbocycles. The van der Waals surface area contributed by atoms with Gasteiger partial charge in [-0.1, -0.05) is 35.3 Å². The second-order valence-corrected chi connectivity index (χ2v) is 7.54. The summed E-state index contributed by atoms with van der Waals surface area (Å²) in [7, 11) is -3.43. The van der Waals surface area contributed by atoms with Crippen molar-refractivity contribution in [1.82, 2.24) is 4.72 Å². The lowest BCUT2D eigenvalue weighted by molar-refractivity contribution is 0.584. The van der Waals surface area contributed by atoms with E-state index in [0.717, 1.165) is 5.56 Å². The first-order chi connectivity index (χ1) is 9.00. The second-order valence-electron chi connectivity index (χ2n) is 3.78. The lowest BCUT2D eigenvalue weighted by atomic mass is 10.1. The number of benzene rings is 1. The highest BCUT2D eigenvalue weighted by Gasteiger charge is 2.14. The normalized spacial score (nSPS) is 11.7. The van der Waals surface area contributed by atoms with E-state index in [1.807, 2.05) is 0 Å². The maximum atomic E-state index is 11.9. The van der Waals surface area contributed by atoms with Crippen LogP contribution in [0.5, 0.6) is 0 Å². The molecule has 0 unspecified atom stereocenters. The number of sulfonamides is 1.